The molecule has 0 saturated heterocycles. The van der Waals surface area contributed by atoms with Crippen LogP contribution in [0, 0.1) is 6.92 Å². The number of nitrogens with zero attached hydrogens (tertiary/aromatic N) is 4. The Labute approximate surface area is 207 Å². The van der Waals surface area contributed by atoms with E-state index < -0.39 is 0 Å². The third kappa shape index (κ3) is 5.88. The average Bonchev–Trinajstić information content (AvgIpc) is 3.43. The average molecular weight is 493 g/mol. The number of carbonyl (C=O) groups excluding carboxylic acids is 2. The molecular formula is C25H25ClN6O3. The molecule has 2 aromatic heterocycles. The Morgan fingerprint density at radius 1 is 1.03 bits per heavy atom. The van der Waals surface area contributed by atoms with E-state index in [4.69, 9.17) is 16.3 Å². The van der Waals surface area contributed by atoms with E-state index in [1.165, 1.54) is 10.9 Å². The summed E-state index contributed by atoms with van der Waals surface area (Å²) in [7, 11) is 3.45. The molecule has 10 heteroatoms. The summed E-state index contributed by atoms with van der Waals surface area (Å²) in [5.74, 6) is -0.144. The number of aryl methyl sites for hydroxylation is 3. The van der Waals surface area contributed by atoms with Crippen LogP contribution in [-0.4, -0.2) is 31.4 Å². The number of benzene rings is 2. The molecule has 0 saturated carbocycles. The Morgan fingerprint density at radius 2 is 1.86 bits per heavy atom. The Hall–Kier alpha value is -4.11. The first-order valence-electron chi connectivity index (χ1n) is 10.9. The summed E-state index contributed by atoms with van der Waals surface area (Å²) < 4.78 is 8.92. The van der Waals surface area contributed by atoms with Gasteiger partial charge in [0.15, 0.2) is 0 Å². The van der Waals surface area contributed by atoms with Gasteiger partial charge in [-0.25, -0.2) is 0 Å². The van der Waals surface area contributed by atoms with Crippen molar-refractivity contribution in [1.29, 1.82) is 0 Å². The zero-order valence-corrected chi connectivity index (χ0v) is 20.3. The molecule has 0 aliphatic rings. The minimum Gasteiger partial charge on any atom is -0.487 e. The van der Waals surface area contributed by atoms with E-state index >= 15 is 0 Å². The van der Waals surface area contributed by atoms with Crippen LogP contribution in [0.4, 0.5) is 5.69 Å². The fourth-order valence-corrected chi connectivity index (χ4v) is 3.68. The summed E-state index contributed by atoms with van der Waals surface area (Å²) in [5.41, 5.74) is 3.68. The van der Waals surface area contributed by atoms with Gasteiger partial charge < -0.3 is 15.4 Å². The number of rotatable bonds is 8. The summed E-state index contributed by atoms with van der Waals surface area (Å²) >= 11 is 6.20. The molecule has 0 aliphatic carbocycles. The predicted molar refractivity (Wildman–Crippen MR) is 133 cm³/mol. The second-order valence-electron chi connectivity index (χ2n) is 8.11. The Balaban J connectivity index is 1.42. The predicted octanol–water partition coefficient (Wildman–Crippen LogP) is 3.88. The van der Waals surface area contributed by atoms with Gasteiger partial charge in [-0.2, -0.15) is 10.2 Å². The van der Waals surface area contributed by atoms with E-state index in [1.807, 2.05) is 31.3 Å². The van der Waals surface area contributed by atoms with Crippen LogP contribution in [-0.2, 0) is 27.2 Å². The van der Waals surface area contributed by atoms with Crippen LogP contribution in [0.25, 0.3) is 0 Å². The van der Waals surface area contributed by atoms with Crippen LogP contribution in [0.15, 0.2) is 61.1 Å². The number of aromatic nitrogens is 4. The molecule has 35 heavy (non-hydrogen) atoms. The number of hydrogen-bond acceptors (Lipinski definition) is 5. The molecule has 0 spiro atoms. The number of amides is 2. The molecule has 2 heterocycles. The third-order valence-electron chi connectivity index (χ3n) is 5.28. The molecule has 2 N–H and O–H groups in total. The first-order chi connectivity index (χ1) is 16.8. The highest BCUT2D eigenvalue weighted by molar-refractivity contribution is 6.32. The Bertz CT molecular complexity index is 1380. The van der Waals surface area contributed by atoms with E-state index in [1.54, 1.807) is 49.2 Å². The van der Waals surface area contributed by atoms with Gasteiger partial charge in [0.2, 0.25) is 0 Å². The van der Waals surface area contributed by atoms with Gasteiger partial charge >= 0.3 is 0 Å². The van der Waals surface area contributed by atoms with Crippen molar-refractivity contribution in [1.82, 2.24) is 24.9 Å². The monoisotopic (exact) mass is 492 g/mol. The van der Waals surface area contributed by atoms with Gasteiger partial charge in [-0.05, 0) is 42.3 Å². The highest BCUT2D eigenvalue weighted by Gasteiger charge is 2.19. The van der Waals surface area contributed by atoms with Crippen molar-refractivity contribution in [3.63, 3.8) is 0 Å². The maximum atomic E-state index is 13.0. The molecular weight excluding hydrogens is 468 g/mol. The van der Waals surface area contributed by atoms with Crippen molar-refractivity contribution in [3.05, 3.63) is 94.0 Å². The molecule has 180 valence electrons. The van der Waals surface area contributed by atoms with Crippen molar-refractivity contribution in [3.8, 4) is 5.75 Å². The van der Waals surface area contributed by atoms with Crippen molar-refractivity contribution < 1.29 is 14.3 Å². The number of carbonyl (C=O) groups is 2. The second-order valence-corrected chi connectivity index (χ2v) is 8.52. The molecule has 0 aliphatic heterocycles. The quantitative estimate of drug-likeness (QED) is 0.388. The van der Waals surface area contributed by atoms with Gasteiger partial charge in [0, 0.05) is 38.0 Å². The van der Waals surface area contributed by atoms with Gasteiger partial charge in [-0.3, -0.25) is 19.0 Å². The minimum atomic E-state index is -0.366. The lowest BCUT2D eigenvalue weighted by Gasteiger charge is -2.11. The van der Waals surface area contributed by atoms with E-state index in [2.05, 4.69) is 20.8 Å². The SMILES string of the molecule is Cc1ccc(Cl)c(OCc2cccc(C(=O)Nc3cnn(C)c3C(=O)NCc3cnn(C)c3)c2)c1. The zero-order chi connectivity index (χ0) is 24.9. The summed E-state index contributed by atoms with van der Waals surface area (Å²) in [5, 5.41) is 14.4. The highest BCUT2D eigenvalue weighted by atomic mass is 35.5. The smallest absolute Gasteiger partial charge is 0.271 e. The molecule has 0 radical (unpaired) electrons. The van der Waals surface area contributed by atoms with Crippen LogP contribution < -0.4 is 15.4 Å². The largest absolute Gasteiger partial charge is 0.487 e. The van der Waals surface area contributed by atoms with Crippen LogP contribution >= 0.6 is 11.6 Å². The lowest BCUT2D eigenvalue weighted by molar-refractivity contribution is 0.0942. The summed E-state index contributed by atoms with van der Waals surface area (Å²) in [6, 6.07) is 12.6. The van der Waals surface area contributed by atoms with Gasteiger partial charge in [0.05, 0.1) is 23.1 Å². The number of halogens is 1. The number of ether oxygens (including phenoxy) is 1. The van der Waals surface area contributed by atoms with Gasteiger partial charge in [-0.1, -0.05) is 29.8 Å². The fourth-order valence-electron chi connectivity index (χ4n) is 3.51. The van der Waals surface area contributed by atoms with Crippen molar-refractivity contribution in [2.45, 2.75) is 20.1 Å². The molecule has 0 bridgehead atoms. The normalized spacial score (nSPS) is 10.7. The topological polar surface area (TPSA) is 103 Å². The van der Waals surface area contributed by atoms with Crippen LogP contribution in [0.3, 0.4) is 0 Å². The molecule has 2 aromatic carbocycles. The molecule has 0 atom stereocenters. The first-order valence-corrected chi connectivity index (χ1v) is 11.2. The van der Waals surface area contributed by atoms with Crippen molar-refractivity contribution >= 4 is 29.1 Å². The molecule has 2 amide bonds. The van der Waals surface area contributed by atoms with E-state index in [0.717, 1.165) is 16.7 Å². The van der Waals surface area contributed by atoms with Gasteiger partial charge in [0.1, 0.15) is 18.1 Å². The van der Waals surface area contributed by atoms with Crippen LogP contribution in [0.5, 0.6) is 5.75 Å². The van der Waals surface area contributed by atoms with E-state index in [9.17, 15) is 9.59 Å². The molecule has 9 nitrogen and oxygen atoms in total. The maximum Gasteiger partial charge on any atom is 0.271 e. The zero-order valence-electron chi connectivity index (χ0n) is 19.6. The van der Waals surface area contributed by atoms with Gasteiger partial charge in [0.25, 0.3) is 11.8 Å². The highest BCUT2D eigenvalue weighted by Crippen LogP contribution is 2.26. The third-order valence-corrected chi connectivity index (χ3v) is 5.60. The molecule has 0 unspecified atom stereocenters. The molecule has 4 rings (SSSR count). The summed E-state index contributed by atoms with van der Waals surface area (Å²) in [6.07, 6.45) is 4.94. The minimum absolute atomic E-state index is 0.246. The lowest BCUT2D eigenvalue weighted by atomic mass is 10.1. The van der Waals surface area contributed by atoms with Crippen molar-refractivity contribution in [2.75, 3.05) is 5.32 Å². The second kappa shape index (κ2) is 10.4. The van der Waals surface area contributed by atoms with Crippen LogP contribution in [0.1, 0.15) is 37.5 Å². The summed E-state index contributed by atoms with van der Waals surface area (Å²) in [6.45, 7) is 2.51. The standard InChI is InChI=1S/C25H25ClN6O3/c1-16-7-8-20(26)22(9-16)35-15-17-5-4-6-19(10-17)24(33)30-21-13-29-32(3)23(21)25(34)27-11-18-12-28-31(2)14-18/h4-10,12-14H,11,15H2,1-3H3,(H,27,34)(H,30,33). The van der Waals surface area contributed by atoms with E-state index in [-0.39, 0.29) is 24.1 Å². The number of anilines is 1. The Kier molecular flexibility index (Phi) is 7.17. The molecule has 4 aromatic rings. The Morgan fingerprint density at radius 3 is 2.63 bits per heavy atom. The fraction of sp³-hybridized carbons (Fsp3) is 0.200. The van der Waals surface area contributed by atoms with Crippen molar-refractivity contribution in [2.24, 2.45) is 14.1 Å². The number of nitrogens with one attached hydrogen (secondary N) is 2. The maximum absolute atomic E-state index is 13.0. The first kappa shape index (κ1) is 24.0. The van der Waals surface area contributed by atoms with E-state index in [0.29, 0.717) is 28.6 Å². The lowest BCUT2D eigenvalue weighted by Crippen LogP contribution is -2.26. The van der Waals surface area contributed by atoms with Gasteiger partial charge in [-0.15, -0.1) is 0 Å². The number of hydrogen-bond donors (Lipinski definition) is 2. The van der Waals surface area contributed by atoms with Crippen LogP contribution in [0.2, 0.25) is 5.02 Å². The molecule has 0 fully saturated rings. The summed E-state index contributed by atoms with van der Waals surface area (Å²) in [4.78, 5) is 25.7.